The quantitative estimate of drug-likeness (QED) is 0.779. The van der Waals surface area contributed by atoms with E-state index in [1.54, 1.807) is 4.90 Å². The molecule has 1 aliphatic rings. The summed E-state index contributed by atoms with van der Waals surface area (Å²) >= 11 is 0. The summed E-state index contributed by atoms with van der Waals surface area (Å²) in [6, 6.07) is 9.97. The van der Waals surface area contributed by atoms with Gasteiger partial charge in [0.05, 0.1) is 0 Å². The monoisotopic (exact) mass is 329 g/mol. The predicted octanol–water partition coefficient (Wildman–Crippen LogP) is 4.16. The highest BCUT2D eigenvalue weighted by Crippen LogP contribution is 2.26. The standard InChI is InChI=1S/C20H27NO3/c1-20(2,3)24-19(23)21-13-11-17(12-14-21)18(15-22)10-9-16-7-5-4-6-8-16/h4-10,15,17-18H,11-14H2,1-3H3/b10-9+/t18-/m1/s1. The second-order valence-electron chi connectivity index (χ2n) is 7.29. The minimum absolute atomic E-state index is 0.106. The summed E-state index contributed by atoms with van der Waals surface area (Å²) in [6.45, 7) is 6.89. The SMILES string of the molecule is CC(C)(C)OC(=O)N1CCC([C@@H](C=O)/C=C/c2ccccc2)CC1. The van der Waals surface area contributed by atoms with Crippen molar-refractivity contribution in [3.63, 3.8) is 0 Å². The third kappa shape index (κ3) is 5.52. The average molecular weight is 329 g/mol. The van der Waals surface area contributed by atoms with Crippen LogP contribution in [0.3, 0.4) is 0 Å². The number of aldehydes is 1. The van der Waals surface area contributed by atoms with Crippen molar-refractivity contribution in [3.8, 4) is 0 Å². The third-order valence-electron chi connectivity index (χ3n) is 4.20. The molecule has 4 heteroatoms. The Kier molecular flexibility index (Phi) is 6.18. The summed E-state index contributed by atoms with van der Waals surface area (Å²) < 4.78 is 5.41. The molecular weight excluding hydrogens is 302 g/mol. The summed E-state index contributed by atoms with van der Waals surface area (Å²) in [5.74, 6) is 0.173. The summed E-state index contributed by atoms with van der Waals surface area (Å²) in [4.78, 5) is 25.3. The van der Waals surface area contributed by atoms with Crippen molar-refractivity contribution in [1.29, 1.82) is 0 Å². The fourth-order valence-corrected chi connectivity index (χ4v) is 2.89. The van der Waals surface area contributed by atoms with Gasteiger partial charge in [0.15, 0.2) is 0 Å². The van der Waals surface area contributed by atoms with Crippen LogP contribution >= 0.6 is 0 Å². The molecule has 1 aromatic rings. The van der Waals surface area contributed by atoms with Crippen LogP contribution in [0, 0.1) is 11.8 Å². The van der Waals surface area contributed by atoms with E-state index in [0.717, 1.165) is 24.7 Å². The maximum Gasteiger partial charge on any atom is 0.410 e. The Labute approximate surface area is 144 Å². The van der Waals surface area contributed by atoms with Crippen molar-refractivity contribution in [2.24, 2.45) is 11.8 Å². The van der Waals surface area contributed by atoms with Gasteiger partial charge in [0, 0.05) is 19.0 Å². The molecule has 0 unspecified atom stereocenters. The highest BCUT2D eigenvalue weighted by atomic mass is 16.6. The van der Waals surface area contributed by atoms with Crippen molar-refractivity contribution < 1.29 is 14.3 Å². The zero-order valence-corrected chi connectivity index (χ0v) is 14.8. The van der Waals surface area contributed by atoms with Gasteiger partial charge in [-0.05, 0) is 45.1 Å². The summed E-state index contributed by atoms with van der Waals surface area (Å²) in [7, 11) is 0. The lowest BCUT2D eigenvalue weighted by atomic mass is 9.84. The number of carbonyl (C=O) groups is 2. The molecule has 1 fully saturated rings. The predicted molar refractivity (Wildman–Crippen MR) is 95.6 cm³/mol. The van der Waals surface area contributed by atoms with Gasteiger partial charge in [-0.2, -0.15) is 0 Å². The Bertz CT molecular complexity index is 566. The molecule has 0 radical (unpaired) electrons. The van der Waals surface area contributed by atoms with Crippen molar-refractivity contribution >= 4 is 18.5 Å². The lowest BCUT2D eigenvalue weighted by Crippen LogP contribution is -2.42. The van der Waals surface area contributed by atoms with E-state index in [1.807, 2.05) is 63.3 Å². The van der Waals surface area contributed by atoms with Crippen LogP contribution in [0.1, 0.15) is 39.2 Å². The number of amides is 1. The smallest absolute Gasteiger partial charge is 0.410 e. The minimum Gasteiger partial charge on any atom is -0.444 e. The van der Waals surface area contributed by atoms with Gasteiger partial charge in [0.25, 0.3) is 0 Å². The van der Waals surface area contributed by atoms with Gasteiger partial charge in [-0.1, -0.05) is 42.5 Å². The number of rotatable bonds is 4. The molecule has 1 saturated heterocycles. The van der Waals surface area contributed by atoms with Crippen LogP contribution in [0.5, 0.6) is 0 Å². The van der Waals surface area contributed by atoms with Crippen LogP contribution in [0.2, 0.25) is 0 Å². The summed E-state index contributed by atoms with van der Waals surface area (Å²) in [5, 5.41) is 0. The Hall–Kier alpha value is -2.10. The van der Waals surface area contributed by atoms with Crippen LogP contribution in [0.25, 0.3) is 6.08 Å². The number of hydrogen-bond donors (Lipinski definition) is 0. The normalized spacial score (nSPS) is 17.7. The Morgan fingerprint density at radius 1 is 1.21 bits per heavy atom. The fraction of sp³-hybridized carbons (Fsp3) is 0.500. The summed E-state index contributed by atoms with van der Waals surface area (Å²) in [5.41, 5.74) is 0.619. The maximum absolute atomic E-state index is 12.1. The number of allylic oxidation sites excluding steroid dienone is 1. The molecule has 1 aliphatic heterocycles. The number of ether oxygens (including phenoxy) is 1. The number of piperidine rings is 1. The molecule has 0 N–H and O–H groups in total. The van der Waals surface area contributed by atoms with Gasteiger partial charge in [0.2, 0.25) is 0 Å². The number of benzene rings is 1. The minimum atomic E-state index is -0.475. The molecule has 1 atom stereocenters. The van der Waals surface area contributed by atoms with E-state index in [1.165, 1.54) is 0 Å². The lowest BCUT2D eigenvalue weighted by molar-refractivity contribution is -0.111. The molecular formula is C20H27NO3. The van der Waals surface area contributed by atoms with Crippen LogP contribution in [0.15, 0.2) is 36.4 Å². The lowest BCUT2D eigenvalue weighted by Gasteiger charge is -2.34. The van der Waals surface area contributed by atoms with E-state index >= 15 is 0 Å². The van der Waals surface area contributed by atoms with Crippen molar-refractivity contribution in [2.45, 2.75) is 39.2 Å². The maximum atomic E-state index is 12.1. The molecule has 0 spiro atoms. The summed E-state index contributed by atoms with van der Waals surface area (Å²) in [6.07, 6.45) is 6.38. The molecule has 0 aliphatic carbocycles. The van der Waals surface area contributed by atoms with Crippen LogP contribution in [-0.2, 0) is 9.53 Å². The van der Waals surface area contributed by atoms with E-state index in [0.29, 0.717) is 13.1 Å². The fourth-order valence-electron chi connectivity index (χ4n) is 2.89. The molecule has 24 heavy (non-hydrogen) atoms. The van der Waals surface area contributed by atoms with Crippen molar-refractivity contribution in [2.75, 3.05) is 13.1 Å². The van der Waals surface area contributed by atoms with Gasteiger partial charge in [-0.15, -0.1) is 0 Å². The molecule has 130 valence electrons. The zero-order chi connectivity index (χ0) is 17.6. The van der Waals surface area contributed by atoms with Crippen molar-refractivity contribution in [3.05, 3.63) is 42.0 Å². The molecule has 4 nitrogen and oxygen atoms in total. The Morgan fingerprint density at radius 2 is 1.83 bits per heavy atom. The van der Waals surface area contributed by atoms with Crippen molar-refractivity contribution in [1.82, 2.24) is 4.90 Å². The Balaban J connectivity index is 1.89. The molecule has 1 heterocycles. The van der Waals surface area contributed by atoms with Crippen LogP contribution in [0.4, 0.5) is 4.79 Å². The van der Waals surface area contributed by atoms with Crippen LogP contribution < -0.4 is 0 Å². The number of carbonyl (C=O) groups excluding carboxylic acids is 2. The first kappa shape index (κ1) is 18.2. The zero-order valence-electron chi connectivity index (χ0n) is 14.8. The van der Waals surface area contributed by atoms with E-state index in [2.05, 4.69) is 0 Å². The molecule has 0 aromatic heterocycles. The van der Waals surface area contributed by atoms with E-state index < -0.39 is 5.60 Å². The second-order valence-corrected chi connectivity index (χ2v) is 7.29. The molecule has 0 saturated carbocycles. The average Bonchev–Trinajstić information content (AvgIpc) is 2.55. The first-order valence-corrected chi connectivity index (χ1v) is 8.55. The van der Waals surface area contributed by atoms with Gasteiger partial charge in [0.1, 0.15) is 11.9 Å². The van der Waals surface area contributed by atoms with E-state index in [9.17, 15) is 9.59 Å². The molecule has 1 aromatic carbocycles. The van der Waals surface area contributed by atoms with Crippen LogP contribution in [-0.4, -0.2) is 36.0 Å². The van der Waals surface area contributed by atoms with Gasteiger partial charge in [-0.3, -0.25) is 0 Å². The second kappa shape index (κ2) is 8.13. The largest absolute Gasteiger partial charge is 0.444 e. The van der Waals surface area contributed by atoms with E-state index in [-0.39, 0.29) is 17.9 Å². The van der Waals surface area contributed by atoms with Gasteiger partial charge >= 0.3 is 6.09 Å². The number of nitrogens with zero attached hydrogens (tertiary/aromatic N) is 1. The third-order valence-corrected chi connectivity index (χ3v) is 4.20. The topological polar surface area (TPSA) is 46.6 Å². The molecule has 1 amide bonds. The highest BCUT2D eigenvalue weighted by Gasteiger charge is 2.29. The Morgan fingerprint density at radius 3 is 2.38 bits per heavy atom. The first-order chi connectivity index (χ1) is 11.4. The molecule has 0 bridgehead atoms. The van der Waals surface area contributed by atoms with Gasteiger partial charge < -0.3 is 14.4 Å². The van der Waals surface area contributed by atoms with Gasteiger partial charge in [-0.25, -0.2) is 4.79 Å². The first-order valence-electron chi connectivity index (χ1n) is 8.55. The highest BCUT2D eigenvalue weighted by molar-refractivity contribution is 5.68. The van der Waals surface area contributed by atoms with E-state index in [4.69, 9.17) is 4.74 Å². The molecule has 2 rings (SSSR count). The number of hydrogen-bond acceptors (Lipinski definition) is 3. The number of likely N-dealkylation sites (tertiary alicyclic amines) is 1.